The predicted molar refractivity (Wildman–Crippen MR) is 71.3 cm³/mol. The lowest BCUT2D eigenvalue weighted by atomic mass is 9.78. The van der Waals surface area contributed by atoms with Crippen LogP contribution in [0.15, 0.2) is 12.1 Å². The molecular weight excluding hydrogens is 226 g/mol. The van der Waals surface area contributed by atoms with Crippen molar-refractivity contribution in [3.05, 3.63) is 23.3 Å². The van der Waals surface area contributed by atoms with Crippen molar-refractivity contribution < 1.29 is 9.47 Å². The highest BCUT2D eigenvalue weighted by atomic mass is 16.6. The Bertz CT molecular complexity index is 462. The Morgan fingerprint density at radius 3 is 2.44 bits per heavy atom. The van der Waals surface area contributed by atoms with Gasteiger partial charge >= 0.3 is 0 Å². The first-order valence-electron chi connectivity index (χ1n) is 6.71. The fourth-order valence-corrected chi connectivity index (χ4v) is 2.87. The molecular formula is C15H21NO2. The van der Waals surface area contributed by atoms with Gasteiger partial charge in [0, 0.05) is 6.04 Å². The Balaban J connectivity index is 2.06. The molecule has 0 spiro atoms. The number of rotatable bonds is 0. The first kappa shape index (κ1) is 11.8. The van der Waals surface area contributed by atoms with Gasteiger partial charge in [-0.1, -0.05) is 20.8 Å². The Kier molecular flexibility index (Phi) is 2.74. The zero-order valence-corrected chi connectivity index (χ0v) is 11.4. The van der Waals surface area contributed by atoms with Crippen LogP contribution in [0.3, 0.4) is 0 Å². The third-order valence-corrected chi connectivity index (χ3v) is 3.72. The van der Waals surface area contributed by atoms with Gasteiger partial charge in [0.05, 0.1) is 0 Å². The number of nitrogens with one attached hydrogen (secondary N) is 1. The zero-order chi connectivity index (χ0) is 12.8. The molecule has 3 rings (SSSR count). The van der Waals surface area contributed by atoms with Crippen molar-refractivity contribution in [1.82, 2.24) is 5.32 Å². The van der Waals surface area contributed by atoms with E-state index in [1.807, 2.05) is 0 Å². The van der Waals surface area contributed by atoms with Gasteiger partial charge < -0.3 is 14.8 Å². The van der Waals surface area contributed by atoms with Gasteiger partial charge in [-0.3, -0.25) is 0 Å². The average molecular weight is 247 g/mol. The molecule has 0 aliphatic carbocycles. The highest BCUT2D eigenvalue weighted by molar-refractivity contribution is 5.50. The maximum absolute atomic E-state index is 5.70. The molecule has 0 saturated carbocycles. The van der Waals surface area contributed by atoms with Crippen LogP contribution in [0.2, 0.25) is 0 Å². The van der Waals surface area contributed by atoms with E-state index in [-0.39, 0.29) is 5.41 Å². The van der Waals surface area contributed by atoms with Crippen LogP contribution in [-0.2, 0) is 6.42 Å². The maximum Gasteiger partial charge on any atom is 0.161 e. The van der Waals surface area contributed by atoms with Gasteiger partial charge in [-0.05, 0) is 41.6 Å². The van der Waals surface area contributed by atoms with Crippen molar-refractivity contribution in [2.24, 2.45) is 5.41 Å². The standard InChI is InChI=1S/C15H21NO2/c1-15(2,3)14-11-9-13-12(17-6-7-18-13)8-10(11)4-5-16-14/h8-9,14,16H,4-7H2,1-3H3. The monoisotopic (exact) mass is 247 g/mol. The van der Waals surface area contributed by atoms with Gasteiger partial charge in [0.15, 0.2) is 11.5 Å². The molecule has 2 aliphatic rings. The molecule has 1 N–H and O–H groups in total. The van der Waals surface area contributed by atoms with Crippen molar-refractivity contribution in [1.29, 1.82) is 0 Å². The average Bonchev–Trinajstić information content (AvgIpc) is 2.34. The molecule has 2 heterocycles. The van der Waals surface area contributed by atoms with Crippen LogP contribution in [-0.4, -0.2) is 19.8 Å². The minimum atomic E-state index is 0.207. The van der Waals surface area contributed by atoms with E-state index in [9.17, 15) is 0 Å². The molecule has 1 unspecified atom stereocenters. The summed E-state index contributed by atoms with van der Waals surface area (Å²) in [4.78, 5) is 0. The summed E-state index contributed by atoms with van der Waals surface area (Å²) in [5.74, 6) is 1.81. The summed E-state index contributed by atoms with van der Waals surface area (Å²) in [6.45, 7) is 9.17. The van der Waals surface area contributed by atoms with E-state index < -0.39 is 0 Å². The van der Waals surface area contributed by atoms with Crippen LogP contribution in [0.1, 0.15) is 37.9 Å². The van der Waals surface area contributed by atoms with Gasteiger partial charge in [0.1, 0.15) is 13.2 Å². The van der Waals surface area contributed by atoms with Crippen LogP contribution in [0.4, 0.5) is 0 Å². The van der Waals surface area contributed by atoms with Crippen LogP contribution in [0, 0.1) is 5.41 Å². The van der Waals surface area contributed by atoms with E-state index in [4.69, 9.17) is 9.47 Å². The molecule has 0 bridgehead atoms. The number of benzene rings is 1. The second-order valence-corrected chi connectivity index (χ2v) is 6.20. The summed E-state index contributed by atoms with van der Waals surface area (Å²) in [7, 11) is 0. The zero-order valence-electron chi connectivity index (χ0n) is 11.4. The van der Waals surface area contributed by atoms with Gasteiger partial charge in [0.2, 0.25) is 0 Å². The molecule has 1 aromatic rings. The van der Waals surface area contributed by atoms with Crippen molar-refractivity contribution in [2.45, 2.75) is 33.2 Å². The van der Waals surface area contributed by atoms with Crippen LogP contribution < -0.4 is 14.8 Å². The van der Waals surface area contributed by atoms with Crippen molar-refractivity contribution in [3.8, 4) is 11.5 Å². The minimum absolute atomic E-state index is 0.207. The molecule has 0 fully saturated rings. The molecule has 2 aliphatic heterocycles. The minimum Gasteiger partial charge on any atom is -0.486 e. The molecule has 0 amide bonds. The Morgan fingerprint density at radius 2 is 1.78 bits per heavy atom. The van der Waals surface area contributed by atoms with Crippen molar-refractivity contribution in [2.75, 3.05) is 19.8 Å². The van der Waals surface area contributed by atoms with Crippen LogP contribution in [0.25, 0.3) is 0 Å². The second kappa shape index (κ2) is 4.16. The Labute approximate surface area is 108 Å². The summed E-state index contributed by atoms with van der Waals surface area (Å²) < 4.78 is 11.4. The molecule has 3 nitrogen and oxygen atoms in total. The second-order valence-electron chi connectivity index (χ2n) is 6.20. The SMILES string of the molecule is CC(C)(C)C1NCCc2cc3c(cc21)OCCO3. The molecule has 3 heteroatoms. The fraction of sp³-hybridized carbons (Fsp3) is 0.600. The third-order valence-electron chi connectivity index (χ3n) is 3.72. The topological polar surface area (TPSA) is 30.5 Å². The summed E-state index contributed by atoms with van der Waals surface area (Å²) in [5.41, 5.74) is 2.98. The number of fused-ring (bicyclic) bond motifs is 2. The van der Waals surface area contributed by atoms with E-state index in [2.05, 4.69) is 38.2 Å². The molecule has 98 valence electrons. The molecule has 0 radical (unpaired) electrons. The quantitative estimate of drug-likeness (QED) is 0.764. The lowest BCUT2D eigenvalue weighted by Crippen LogP contribution is -2.38. The van der Waals surface area contributed by atoms with E-state index >= 15 is 0 Å². The Morgan fingerprint density at radius 1 is 1.11 bits per heavy atom. The number of hydrogen-bond donors (Lipinski definition) is 1. The first-order valence-corrected chi connectivity index (χ1v) is 6.71. The van der Waals surface area contributed by atoms with Gasteiger partial charge in [-0.15, -0.1) is 0 Å². The van der Waals surface area contributed by atoms with Crippen molar-refractivity contribution >= 4 is 0 Å². The smallest absolute Gasteiger partial charge is 0.161 e. The fourth-order valence-electron chi connectivity index (χ4n) is 2.87. The molecule has 1 atom stereocenters. The number of ether oxygens (including phenoxy) is 2. The molecule has 1 aromatic carbocycles. The summed E-state index contributed by atoms with van der Waals surface area (Å²) in [6, 6.07) is 4.73. The number of hydrogen-bond acceptors (Lipinski definition) is 3. The Hall–Kier alpha value is -1.22. The van der Waals surface area contributed by atoms with Crippen molar-refractivity contribution in [3.63, 3.8) is 0 Å². The van der Waals surface area contributed by atoms with E-state index in [1.165, 1.54) is 11.1 Å². The lowest BCUT2D eigenvalue weighted by Gasteiger charge is -2.37. The van der Waals surface area contributed by atoms with Gasteiger partial charge in [-0.2, -0.15) is 0 Å². The summed E-state index contributed by atoms with van der Waals surface area (Å²) in [5, 5.41) is 3.63. The molecule has 18 heavy (non-hydrogen) atoms. The van der Waals surface area contributed by atoms with Gasteiger partial charge in [-0.25, -0.2) is 0 Å². The highest BCUT2D eigenvalue weighted by Gasteiger charge is 2.31. The van der Waals surface area contributed by atoms with Gasteiger partial charge in [0.25, 0.3) is 0 Å². The third kappa shape index (κ3) is 1.97. The molecule has 0 saturated heterocycles. The largest absolute Gasteiger partial charge is 0.486 e. The normalized spacial score (nSPS) is 22.5. The maximum atomic E-state index is 5.70. The molecule has 0 aromatic heterocycles. The van der Waals surface area contributed by atoms with E-state index in [0.717, 1.165) is 24.5 Å². The summed E-state index contributed by atoms with van der Waals surface area (Å²) >= 11 is 0. The lowest BCUT2D eigenvalue weighted by molar-refractivity contribution is 0.170. The highest BCUT2D eigenvalue weighted by Crippen LogP contribution is 2.42. The van der Waals surface area contributed by atoms with Crippen LogP contribution >= 0.6 is 0 Å². The van der Waals surface area contributed by atoms with E-state index in [1.54, 1.807) is 0 Å². The predicted octanol–water partition coefficient (Wildman–Crippen LogP) is 2.69. The van der Waals surface area contributed by atoms with Crippen LogP contribution in [0.5, 0.6) is 11.5 Å². The van der Waals surface area contributed by atoms with E-state index in [0.29, 0.717) is 19.3 Å². The first-order chi connectivity index (χ1) is 8.55. The summed E-state index contributed by atoms with van der Waals surface area (Å²) in [6.07, 6.45) is 1.07.